The van der Waals surface area contributed by atoms with Crippen LogP contribution in [0.5, 0.6) is 0 Å². The predicted molar refractivity (Wildman–Crippen MR) is 118 cm³/mol. The minimum Gasteiger partial charge on any atom is -0.353 e. The summed E-state index contributed by atoms with van der Waals surface area (Å²) in [4.78, 5) is 30.7. The summed E-state index contributed by atoms with van der Waals surface area (Å²) in [6, 6.07) is 0.416. The lowest BCUT2D eigenvalue weighted by Crippen LogP contribution is -2.56. The number of carbonyl (C=O) groups is 2. The topological polar surface area (TPSA) is 52.7 Å². The molecule has 1 N–H and O–H groups in total. The van der Waals surface area contributed by atoms with Gasteiger partial charge in [0, 0.05) is 45.1 Å². The molecule has 168 valence electrons. The highest BCUT2D eigenvalue weighted by atomic mass is 16.2. The van der Waals surface area contributed by atoms with Gasteiger partial charge in [-0.1, -0.05) is 19.3 Å². The lowest BCUT2D eigenvalue weighted by atomic mass is 9.54. The van der Waals surface area contributed by atoms with Crippen LogP contribution in [0.3, 0.4) is 0 Å². The van der Waals surface area contributed by atoms with Crippen molar-refractivity contribution in [1.82, 2.24) is 15.1 Å². The van der Waals surface area contributed by atoms with Gasteiger partial charge in [-0.3, -0.25) is 9.59 Å². The van der Waals surface area contributed by atoms with Gasteiger partial charge in [-0.05, 0) is 81.1 Å². The Bertz CT molecular complexity index is 621. The van der Waals surface area contributed by atoms with Crippen molar-refractivity contribution in [2.24, 2.45) is 29.1 Å². The number of piperazine rings is 1. The Balaban J connectivity index is 1.21. The molecule has 0 aromatic carbocycles. The van der Waals surface area contributed by atoms with E-state index in [2.05, 4.69) is 17.3 Å². The van der Waals surface area contributed by atoms with Crippen LogP contribution in [0, 0.1) is 29.1 Å². The molecule has 1 heterocycles. The second kappa shape index (κ2) is 8.44. The maximum Gasteiger partial charge on any atom is 0.223 e. The molecule has 0 radical (unpaired) electrons. The number of rotatable bonds is 5. The van der Waals surface area contributed by atoms with Gasteiger partial charge in [0.25, 0.3) is 0 Å². The van der Waals surface area contributed by atoms with E-state index < -0.39 is 0 Å². The molecule has 5 nitrogen and oxygen atoms in total. The van der Waals surface area contributed by atoms with Crippen molar-refractivity contribution in [3.63, 3.8) is 0 Å². The molecule has 0 aromatic heterocycles. The number of likely N-dealkylation sites (N-methyl/N-ethyl adjacent to an activating group) is 1. The number of nitrogens with zero attached hydrogens (tertiary/aromatic N) is 2. The van der Waals surface area contributed by atoms with E-state index in [-0.39, 0.29) is 17.2 Å². The summed E-state index contributed by atoms with van der Waals surface area (Å²) in [7, 11) is 2.12. The Kier molecular flexibility index (Phi) is 5.85. The molecule has 0 aromatic rings. The van der Waals surface area contributed by atoms with Gasteiger partial charge < -0.3 is 15.1 Å². The Morgan fingerprint density at radius 3 is 2.03 bits per heavy atom. The zero-order chi connectivity index (χ0) is 20.7. The van der Waals surface area contributed by atoms with Crippen LogP contribution in [-0.4, -0.2) is 60.9 Å². The predicted octanol–water partition coefficient (Wildman–Crippen LogP) is 3.43. The average molecular weight is 416 g/mol. The fraction of sp³-hybridized carbons (Fsp3) is 0.920. The summed E-state index contributed by atoms with van der Waals surface area (Å²) in [5, 5.41) is 3.52. The zero-order valence-electron chi connectivity index (χ0n) is 18.9. The molecule has 0 atom stereocenters. The van der Waals surface area contributed by atoms with Crippen molar-refractivity contribution < 1.29 is 9.59 Å². The molecule has 0 spiro atoms. The van der Waals surface area contributed by atoms with Crippen LogP contribution in [0.2, 0.25) is 0 Å². The van der Waals surface area contributed by atoms with E-state index in [9.17, 15) is 9.59 Å². The maximum absolute atomic E-state index is 13.3. The van der Waals surface area contributed by atoms with Crippen LogP contribution < -0.4 is 5.32 Å². The van der Waals surface area contributed by atoms with E-state index in [0.29, 0.717) is 18.9 Å². The van der Waals surface area contributed by atoms with Crippen LogP contribution in [-0.2, 0) is 9.59 Å². The summed E-state index contributed by atoms with van der Waals surface area (Å²) in [5.74, 6) is 3.84. The number of nitrogens with one attached hydrogen (secondary N) is 1. The van der Waals surface area contributed by atoms with E-state index >= 15 is 0 Å². The summed E-state index contributed by atoms with van der Waals surface area (Å²) >= 11 is 0. The highest BCUT2D eigenvalue weighted by Crippen LogP contribution is 2.54. The van der Waals surface area contributed by atoms with E-state index in [1.807, 2.05) is 4.90 Å². The lowest BCUT2D eigenvalue weighted by molar-refractivity contribution is -0.137. The number of carbonyl (C=O) groups excluding carboxylic acids is 2. The molecule has 1 saturated heterocycles. The SMILES string of the molecule is CN1CCN(C(=O)CC2(CC(=O)NC3C4CC5CC(C4)CC3C5)CCCCC2)CC1. The van der Waals surface area contributed by atoms with Crippen molar-refractivity contribution in [2.75, 3.05) is 33.2 Å². The fourth-order valence-electron chi connectivity index (χ4n) is 7.94. The Morgan fingerprint density at radius 2 is 1.43 bits per heavy atom. The molecule has 4 bridgehead atoms. The van der Waals surface area contributed by atoms with Gasteiger partial charge in [0.1, 0.15) is 0 Å². The number of hydrogen-bond acceptors (Lipinski definition) is 3. The molecule has 5 aliphatic carbocycles. The zero-order valence-corrected chi connectivity index (χ0v) is 18.9. The molecule has 0 unspecified atom stereocenters. The summed E-state index contributed by atoms with van der Waals surface area (Å²) in [5.41, 5.74) is -0.102. The molecule has 5 saturated carbocycles. The van der Waals surface area contributed by atoms with Crippen molar-refractivity contribution in [1.29, 1.82) is 0 Å². The Morgan fingerprint density at radius 1 is 0.833 bits per heavy atom. The largest absolute Gasteiger partial charge is 0.353 e. The molecule has 6 rings (SSSR count). The van der Waals surface area contributed by atoms with Crippen molar-refractivity contribution in [3.05, 3.63) is 0 Å². The second-order valence-corrected chi connectivity index (χ2v) is 11.6. The molecular weight excluding hydrogens is 374 g/mol. The summed E-state index contributed by atoms with van der Waals surface area (Å²) < 4.78 is 0. The minimum atomic E-state index is -0.102. The summed E-state index contributed by atoms with van der Waals surface area (Å²) in [6.07, 6.45) is 13.6. The normalized spacial score (nSPS) is 37.9. The number of amides is 2. The van der Waals surface area contributed by atoms with Gasteiger partial charge in [-0.15, -0.1) is 0 Å². The maximum atomic E-state index is 13.3. The first-order valence-corrected chi connectivity index (χ1v) is 12.8. The van der Waals surface area contributed by atoms with Gasteiger partial charge in [0.15, 0.2) is 0 Å². The smallest absolute Gasteiger partial charge is 0.223 e. The van der Waals surface area contributed by atoms with Crippen LogP contribution >= 0.6 is 0 Å². The number of hydrogen-bond donors (Lipinski definition) is 1. The van der Waals surface area contributed by atoms with Gasteiger partial charge in [0.2, 0.25) is 11.8 Å². The van der Waals surface area contributed by atoms with E-state index in [4.69, 9.17) is 0 Å². The highest BCUT2D eigenvalue weighted by Gasteiger charge is 2.49. The third-order valence-electron chi connectivity index (χ3n) is 9.39. The molecule has 6 aliphatic rings. The first kappa shape index (κ1) is 20.8. The van der Waals surface area contributed by atoms with Crippen molar-refractivity contribution >= 4 is 11.8 Å². The van der Waals surface area contributed by atoms with Gasteiger partial charge in [0.05, 0.1) is 0 Å². The second-order valence-electron chi connectivity index (χ2n) is 11.6. The van der Waals surface area contributed by atoms with E-state index in [1.165, 1.54) is 51.4 Å². The van der Waals surface area contributed by atoms with Crippen LogP contribution in [0.1, 0.15) is 77.0 Å². The Hall–Kier alpha value is -1.10. The van der Waals surface area contributed by atoms with Gasteiger partial charge in [-0.2, -0.15) is 0 Å². The third-order valence-corrected chi connectivity index (χ3v) is 9.39. The molecule has 6 fully saturated rings. The average Bonchev–Trinajstić information content (AvgIpc) is 2.71. The van der Waals surface area contributed by atoms with Crippen molar-refractivity contribution in [3.8, 4) is 0 Å². The first-order valence-electron chi connectivity index (χ1n) is 12.8. The lowest BCUT2D eigenvalue weighted by Gasteiger charge is -2.54. The molecule has 1 aliphatic heterocycles. The van der Waals surface area contributed by atoms with Crippen LogP contribution in [0.25, 0.3) is 0 Å². The fourth-order valence-corrected chi connectivity index (χ4v) is 7.94. The van der Waals surface area contributed by atoms with Gasteiger partial charge in [-0.25, -0.2) is 0 Å². The van der Waals surface area contributed by atoms with E-state index in [0.717, 1.165) is 62.7 Å². The van der Waals surface area contributed by atoms with E-state index in [1.54, 1.807) is 0 Å². The van der Waals surface area contributed by atoms with Gasteiger partial charge >= 0.3 is 0 Å². The molecule has 2 amide bonds. The Labute approximate surface area is 182 Å². The molecule has 5 heteroatoms. The molecule has 30 heavy (non-hydrogen) atoms. The first-order chi connectivity index (χ1) is 14.5. The van der Waals surface area contributed by atoms with Crippen LogP contribution in [0.4, 0.5) is 0 Å². The standard InChI is InChI=1S/C25H41N3O2/c1-27-7-9-28(10-8-27)23(30)17-25(5-3-2-4-6-25)16-22(29)26-24-20-12-18-11-19(14-20)15-21(24)13-18/h18-21,24H,2-17H2,1H3,(H,26,29). The highest BCUT2D eigenvalue weighted by molar-refractivity contribution is 5.81. The monoisotopic (exact) mass is 415 g/mol. The third kappa shape index (κ3) is 4.28. The van der Waals surface area contributed by atoms with Crippen LogP contribution in [0.15, 0.2) is 0 Å². The molecular formula is C25H41N3O2. The minimum absolute atomic E-state index is 0.102. The van der Waals surface area contributed by atoms with Crippen molar-refractivity contribution in [2.45, 2.75) is 83.1 Å². The quantitative estimate of drug-likeness (QED) is 0.748. The summed E-state index contributed by atoms with van der Waals surface area (Å²) in [6.45, 7) is 3.61.